The van der Waals surface area contributed by atoms with Gasteiger partial charge in [-0.1, -0.05) is 91.0 Å². The number of fused-ring (bicyclic) bond motifs is 5. The Morgan fingerprint density at radius 3 is 2.26 bits per heavy atom. The lowest BCUT2D eigenvalue weighted by Crippen LogP contribution is -2.50. The summed E-state index contributed by atoms with van der Waals surface area (Å²) in [5.41, 5.74) is 8.94. The molecule has 2 heterocycles. The number of nitrogens with one attached hydrogen (secondary N) is 1. The van der Waals surface area contributed by atoms with Crippen molar-refractivity contribution >= 4 is 23.1 Å². The predicted molar refractivity (Wildman–Crippen MR) is 125 cm³/mol. The molecular formula is C28H24N2O. The Labute approximate surface area is 182 Å². The number of benzene rings is 3. The van der Waals surface area contributed by atoms with E-state index in [4.69, 9.17) is 0 Å². The van der Waals surface area contributed by atoms with Gasteiger partial charge in [0, 0.05) is 0 Å². The standard InChI is InChI=1S/C28H24N2O/c1-19-25(21-12-5-3-6-13-21)28(22-14-7-4-8-15-22)27(2,26(19)31)24-18-17-20-11-9-10-16-23(20)30(24)29-28/h3-18,24,29H,1-2H3. The zero-order valence-electron chi connectivity index (χ0n) is 17.7. The fourth-order valence-electron chi connectivity index (χ4n) is 6.02. The molecule has 0 radical (unpaired) electrons. The Kier molecular flexibility index (Phi) is 3.72. The number of rotatable bonds is 2. The molecule has 152 valence electrons. The van der Waals surface area contributed by atoms with Crippen LogP contribution in [0, 0.1) is 5.41 Å². The van der Waals surface area contributed by atoms with Crippen molar-refractivity contribution in [1.29, 1.82) is 0 Å². The molecule has 0 spiro atoms. The van der Waals surface area contributed by atoms with Crippen molar-refractivity contribution in [2.45, 2.75) is 25.4 Å². The molecule has 3 unspecified atom stereocenters. The second-order valence-electron chi connectivity index (χ2n) is 8.86. The van der Waals surface area contributed by atoms with E-state index in [2.05, 4.69) is 90.2 Å². The van der Waals surface area contributed by atoms with E-state index in [0.29, 0.717) is 0 Å². The van der Waals surface area contributed by atoms with E-state index in [1.54, 1.807) is 0 Å². The van der Waals surface area contributed by atoms with Gasteiger partial charge in [0.15, 0.2) is 5.78 Å². The van der Waals surface area contributed by atoms with Crippen LogP contribution in [0.5, 0.6) is 0 Å². The van der Waals surface area contributed by atoms with Gasteiger partial charge in [-0.25, -0.2) is 5.43 Å². The molecule has 0 amide bonds. The molecule has 1 N–H and O–H groups in total. The zero-order valence-corrected chi connectivity index (χ0v) is 17.7. The highest BCUT2D eigenvalue weighted by Gasteiger charge is 2.71. The number of carbonyl (C=O) groups excluding carboxylic acids is 1. The number of Topliss-reactive ketones (excluding diaryl/α,β-unsaturated/α-hetero) is 1. The molecule has 3 aliphatic rings. The van der Waals surface area contributed by atoms with E-state index in [9.17, 15) is 4.79 Å². The summed E-state index contributed by atoms with van der Waals surface area (Å²) in [5.74, 6) is 0.208. The maximum atomic E-state index is 14.1. The Hall–Kier alpha value is -3.43. The number of carbonyl (C=O) groups is 1. The van der Waals surface area contributed by atoms with Gasteiger partial charge < -0.3 is 0 Å². The second-order valence-corrected chi connectivity index (χ2v) is 8.86. The number of hydrogen-bond donors (Lipinski definition) is 1. The molecule has 3 atom stereocenters. The number of para-hydroxylation sites is 1. The number of anilines is 1. The summed E-state index contributed by atoms with van der Waals surface area (Å²) in [6, 6.07) is 29.1. The maximum absolute atomic E-state index is 14.1. The van der Waals surface area contributed by atoms with Crippen molar-refractivity contribution in [1.82, 2.24) is 5.43 Å². The highest BCUT2D eigenvalue weighted by Crippen LogP contribution is 2.63. The fraction of sp³-hybridized carbons (Fsp3) is 0.179. The largest absolute Gasteiger partial charge is 0.299 e. The molecule has 3 heteroatoms. The first-order valence-corrected chi connectivity index (χ1v) is 10.8. The summed E-state index contributed by atoms with van der Waals surface area (Å²) in [7, 11) is 0. The molecular weight excluding hydrogens is 380 g/mol. The number of hydrazine groups is 1. The third-order valence-electron chi connectivity index (χ3n) is 7.42. The monoisotopic (exact) mass is 404 g/mol. The molecule has 31 heavy (non-hydrogen) atoms. The first-order chi connectivity index (χ1) is 15.1. The fourth-order valence-corrected chi connectivity index (χ4v) is 6.02. The van der Waals surface area contributed by atoms with Crippen LogP contribution < -0.4 is 10.4 Å². The van der Waals surface area contributed by atoms with Gasteiger partial charge >= 0.3 is 0 Å². The lowest BCUT2D eigenvalue weighted by atomic mass is 9.63. The van der Waals surface area contributed by atoms with Crippen molar-refractivity contribution in [2.24, 2.45) is 5.41 Å². The van der Waals surface area contributed by atoms with Crippen molar-refractivity contribution in [3.63, 3.8) is 0 Å². The van der Waals surface area contributed by atoms with Crippen LogP contribution >= 0.6 is 0 Å². The lowest BCUT2D eigenvalue weighted by Gasteiger charge is -2.39. The molecule has 3 aromatic carbocycles. The van der Waals surface area contributed by atoms with Crippen molar-refractivity contribution in [3.8, 4) is 0 Å². The first-order valence-electron chi connectivity index (χ1n) is 10.8. The summed E-state index contributed by atoms with van der Waals surface area (Å²) in [5, 5.41) is 2.22. The van der Waals surface area contributed by atoms with Crippen LogP contribution in [0.1, 0.15) is 30.5 Å². The van der Waals surface area contributed by atoms with Gasteiger partial charge in [0.1, 0.15) is 5.54 Å². The van der Waals surface area contributed by atoms with E-state index in [1.807, 2.05) is 31.2 Å². The highest BCUT2D eigenvalue weighted by molar-refractivity contribution is 6.16. The van der Waals surface area contributed by atoms with E-state index < -0.39 is 11.0 Å². The van der Waals surface area contributed by atoms with Crippen LogP contribution in [-0.4, -0.2) is 11.8 Å². The van der Waals surface area contributed by atoms with Gasteiger partial charge in [0.25, 0.3) is 0 Å². The number of allylic oxidation sites excluding steroid dienone is 1. The van der Waals surface area contributed by atoms with Gasteiger partial charge in [0.05, 0.1) is 17.1 Å². The van der Waals surface area contributed by atoms with Crippen molar-refractivity contribution in [3.05, 3.63) is 113 Å². The number of ketones is 1. The summed E-state index contributed by atoms with van der Waals surface area (Å²) >= 11 is 0. The molecule has 0 saturated carbocycles. The third-order valence-corrected chi connectivity index (χ3v) is 7.42. The Bertz CT molecular complexity index is 1260. The minimum atomic E-state index is -0.687. The number of nitrogens with zero attached hydrogens (tertiary/aromatic N) is 1. The van der Waals surface area contributed by atoms with E-state index >= 15 is 0 Å². The van der Waals surface area contributed by atoms with Crippen LogP contribution in [0.4, 0.5) is 5.69 Å². The number of hydrogen-bond acceptors (Lipinski definition) is 3. The van der Waals surface area contributed by atoms with Gasteiger partial charge in [-0.05, 0) is 47.8 Å². The van der Waals surface area contributed by atoms with Crippen LogP contribution in [-0.2, 0) is 10.3 Å². The normalized spacial score (nSPS) is 28.5. The van der Waals surface area contributed by atoms with Crippen LogP contribution in [0.25, 0.3) is 11.6 Å². The van der Waals surface area contributed by atoms with E-state index in [0.717, 1.165) is 33.5 Å². The molecule has 0 aromatic heterocycles. The molecule has 0 bridgehead atoms. The average Bonchev–Trinajstić information content (AvgIpc) is 3.19. The highest BCUT2D eigenvalue weighted by atomic mass is 16.1. The molecule has 3 nitrogen and oxygen atoms in total. The molecule has 6 rings (SSSR count). The van der Waals surface area contributed by atoms with Crippen molar-refractivity contribution < 1.29 is 4.79 Å². The smallest absolute Gasteiger partial charge is 0.169 e. The average molecular weight is 405 g/mol. The van der Waals surface area contributed by atoms with Crippen LogP contribution in [0.2, 0.25) is 0 Å². The quantitative estimate of drug-likeness (QED) is 0.624. The SMILES string of the molecule is CC1=C(c2ccccc2)C2(c3ccccc3)NN3c4ccccc4C=CC3C2(C)C1=O. The second kappa shape index (κ2) is 6.29. The summed E-state index contributed by atoms with van der Waals surface area (Å²) in [6.45, 7) is 4.13. The predicted octanol–water partition coefficient (Wildman–Crippen LogP) is 5.36. The lowest BCUT2D eigenvalue weighted by molar-refractivity contribution is -0.124. The van der Waals surface area contributed by atoms with Crippen LogP contribution in [0.3, 0.4) is 0 Å². The topological polar surface area (TPSA) is 32.3 Å². The summed E-state index contributed by atoms with van der Waals surface area (Å²) < 4.78 is 0. The summed E-state index contributed by atoms with van der Waals surface area (Å²) in [6.07, 6.45) is 4.35. The maximum Gasteiger partial charge on any atom is 0.169 e. The molecule has 2 aliphatic heterocycles. The molecule has 3 aromatic rings. The van der Waals surface area contributed by atoms with Crippen LogP contribution in [0.15, 0.2) is 96.6 Å². The molecule has 1 fully saturated rings. The summed E-state index contributed by atoms with van der Waals surface area (Å²) in [4.78, 5) is 14.1. The van der Waals surface area contributed by atoms with Crippen molar-refractivity contribution in [2.75, 3.05) is 5.01 Å². The van der Waals surface area contributed by atoms with Gasteiger partial charge in [-0.3, -0.25) is 9.80 Å². The van der Waals surface area contributed by atoms with Gasteiger partial charge in [-0.15, -0.1) is 0 Å². The molecule has 1 aliphatic carbocycles. The third kappa shape index (κ3) is 2.14. The van der Waals surface area contributed by atoms with E-state index in [1.165, 1.54) is 0 Å². The van der Waals surface area contributed by atoms with Gasteiger partial charge in [-0.2, -0.15) is 0 Å². The van der Waals surface area contributed by atoms with Gasteiger partial charge in [0.2, 0.25) is 0 Å². The Balaban J connectivity index is 1.68. The minimum absolute atomic E-state index is 0.0914. The van der Waals surface area contributed by atoms with E-state index in [-0.39, 0.29) is 11.8 Å². The first kappa shape index (κ1) is 18.3. The Morgan fingerprint density at radius 1 is 0.871 bits per heavy atom. The Morgan fingerprint density at radius 2 is 1.52 bits per heavy atom. The zero-order chi connectivity index (χ0) is 21.2. The minimum Gasteiger partial charge on any atom is -0.299 e. The molecule has 1 saturated heterocycles.